The van der Waals surface area contributed by atoms with Gasteiger partial charge in [0.05, 0.1) is 11.0 Å². The van der Waals surface area contributed by atoms with Crippen molar-refractivity contribution in [2.24, 2.45) is 0 Å². The van der Waals surface area contributed by atoms with E-state index in [9.17, 15) is 0 Å². The Kier molecular flexibility index (Phi) is 12.4. The summed E-state index contributed by atoms with van der Waals surface area (Å²) in [5, 5.41) is 5.22. The van der Waals surface area contributed by atoms with E-state index >= 15 is 0 Å². The number of nitrogens with zero attached hydrogens (tertiary/aromatic N) is 2. The maximum Gasteiger partial charge on any atom is 0.247 e. The molecular formula is C80H86B2N2. The molecule has 2 aromatic heterocycles. The average molecular weight is 1100 g/mol. The molecule has 0 saturated heterocycles. The minimum atomic E-state index is -0.185. The van der Waals surface area contributed by atoms with Gasteiger partial charge in [0, 0.05) is 44.0 Å². The molecule has 0 N–H and O–H groups in total. The van der Waals surface area contributed by atoms with Crippen LogP contribution >= 0.6 is 0 Å². The van der Waals surface area contributed by atoms with E-state index < -0.39 is 0 Å². The summed E-state index contributed by atoms with van der Waals surface area (Å²) in [5.41, 5.74) is 31.3. The molecule has 0 fully saturated rings. The largest absolute Gasteiger partial charge is 0.310 e. The van der Waals surface area contributed by atoms with Gasteiger partial charge in [0.15, 0.2) is 0 Å². The molecule has 9 aromatic carbocycles. The van der Waals surface area contributed by atoms with E-state index in [4.69, 9.17) is 0 Å². The van der Waals surface area contributed by atoms with E-state index in [0.717, 1.165) is 0 Å². The molecule has 0 unspecified atom stereocenters. The number of aryl methyl sites for hydroxylation is 2. The second kappa shape index (κ2) is 18.6. The monoisotopic (exact) mass is 1100 g/mol. The highest BCUT2D eigenvalue weighted by Gasteiger charge is 2.46. The summed E-state index contributed by atoms with van der Waals surface area (Å²) in [6.07, 6.45) is 0. The van der Waals surface area contributed by atoms with Crippen LogP contribution in [0.3, 0.4) is 0 Å². The summed E-state index contributed by atoms with van der Waals surface area (Å²) in [5.74, 6) is 0. The van der Waals surface area contributed by atoms with Gasteiger partial charge >= 0.3 is 0 Å². The zero-order chi connectivity index (χ0) is 59.9. The molecule has 0 amide bonds. The van der Waals surface area contributed by atoms with E-state index in [0.29, 0.717) is 0 Å². The maximum atomic E-state index is 2.73. The summed E-state index contributed by atoms with van der Waals surface area (Å²) < 4.78 is 5.43. The highest BCUT2D eigenvalue weighted by atomic mass is 15.0. The Morgan fingerprint density at radius 1 is 0.286 bits per heavy atom. The molecule has 4 heteroatoms. The van der Waals surface area contributed by atoms with Gasteiger partial charge in [-0.05, 0) is 172 Å². The minimum Gasteiger partial charge on any atom is -0.310 e. The van der Waals surface area contributed by atoms with Gasteiger partial charge in [0.25, 0.3) is 0 Å². The van der Waals surface area contributed by atoms with Crippen LogP contribution < -0.4 is 32.8 Å². The third kappa shape index (κ3) is 8.80. The van der Waals surface area contributed by atoms with Gasteiger partial charge in [-0.15, -0.1) is 0 Å². The molecule has 0 atom stereocenters. The predicted octanol–water partition coefficient (Wildman–Crippen LogP) is 17.3. The van der Waals surface area contributed by atoms with Crippen molar-refractivity contribution in [3.05, 3.63) is 202 Å². The fraction of sp³-hybridized carbons (Fsp3) is 0.325. The summed E-state index contributed by atoms with van der Waals surface area (Å²) >= 11 is 0. The summed E-state index contributed by atoms with van der Waals surface area (Å²) in [6, 6.07) is 62.7. The van der Waals surface area contributed by atoms with E-state index in [1.165, 1.54) is 155 Å². The third-order valence-electron chi connectivity index (χ3n) is 19.1. The Bertz CT molecular complexity index is 4470. The molecule has 0 saturated carbocycles. The quantitative estimate of drug-likeness (QED) is 0.155. The topological polar surface area (TPSA) is 9.86 Å². The first kappa shape index (κ1) is 55.9. The van der Waals surface area contributed by atoms with Gasteiger partial charge in [-0.3, -0.25) is 0 Å². The molecule has 2 nitrogen and oxygen atoms in total. The van der Waals surface area contributed by atoms with Crippen molar-refractivity contribution in [2.45, 2.75) is 171 Å². The highest BCUT2D eigenvalue weighted by Crippen LogP contribution is 2.43. The normalized spacial score (nSPS) is 13.9. The Labute approximate surface area is 502 Å². The van der Waals surface area contributed by atoms with Crippen LogP contribution in [0.2, 0.25) is 0 Å². The second-order valence-electron chi connectivity index (χ2n) is 31.7. The molecule has 4 heterocycles. The van der Waals surface area contributed by atoms with E-state index in [1.54, 1.807) is 0 Å². The molecule has 84 heavy (non-hydrogen) atoms. The van der Waals surface area contributed by atoms with Gasteiger partial charge in [-0.2, -0.15) is 0 Å². The first-order chi connectivity index (χ1) is 39.3. The summed E-state index contributed by atoms with van der Waals surface area (Å²) in [7, 11) is 0. The summed E-state index contributed by atoms with van der Waals surface area (Å²) in [6.45, 7) is 48.2. The Morgan fingerprint density at radius 2 is 0.655 bits per heavy atom. The van der Waals surface area contributed by atoms with Crippen LogP contribution in [-0.2, 0) is 32.5 Å². The van der Waals surface area contributed by atoms with Gasteiger partial charge in [0.2, 0.25) is 13.4 Å². The van der Waals surface area contributed by atoms with Crippen molar-refractivity contribution in [2.75, 3.05) is 0 Å². The van der Waals surface area contributed by atoms with Crippen molar-refractivity contribution in [3.63, 3.8) is 0 Å². The first-order valence-corrected chi connectivity index (χ1v) is 31.1. The first-order valence-electron chi connectivity index (χ1n) is 31.1. The van der Waals surface area contributed by atoms with Crippen LogP contribution in [0.25, 0.3) is 77.2 Å². The lowest BCUT2D eigenvalue weighted by Crippen LogP contribution is -2.63. The molecule has 0 aliphatic carbocycles. The fourth-order valence-electron chi connectivity index (χ4n) is 14.9. The molecule has 11 aromatic rings. The molecular weight excluding hydrogens is 1010 g/mol. The van der Waals surface area contributed by atoms with Crippen molar-refractivity contribution in [3.8, 4) is 33.6 Å². The molecule has 2 aliphatic rings. The molecule has 2 aliphatic heterocycles. The van der Waals surface area contributed by atoms with E-state index in [1.807, 2.05) is 0 Å². The van der Waals surface area contributed by atoms with Crippen LogP contribution in [0.5, 0.6) is 0 Å². The predicted molar refractivity (Wildman–Crippen MR) is 370 cm³/mol. The Balaban J connectivity index is 1.28. The molecule has 13 rings (SSSR count). The number of benzene rings is 9. The van der Waals surface area contributed by atoms with Gasteiger partial charge in [-0.1, -0.05) is 256 Å². The van der Waals surface area contributed by atoms with Crippen molar-refractivity contribution in [1.82, 2.24) is 9.13 Å². The number of hydrogen-bond acceptors (Lipinski definition) is 0. The molecule has 0 spiro atoms. The van der Waals surface area contributed by atoms with Gasteiger partial charge in [-0.25, -0.2) is 0 Å². The Morgan fingerprint density at radius 3 is 1.08 bits per heavy atom. The van der Waals surface area contributed by atoms with E-state index in [-0.39, 0.29) is 45.9 Å². The number of aromatic nitrogens is 2. The van der Waals surface area contributed by atoms with Crippen LogP contribution in [0.4, 0.5) is 0 Å². The smallest absolute Gasteiger partial charge is 0.247 e. The molecule has 422 valence electrons. The van der Waals surface area contributed by atoms with Crippen molar-refractivity contribution >= 4 is 89.8 Å². The lowest BCUT2D eigenvalue weighted by atomic mass is 9.30. The Hall–Kier alpha value is -7.29. The lowest BCUT2D eigenvalue weighted by Gasteiger charge is -2.40. The maximum absolute atomic E-state index is 2.73. The lowest BCUT2D eigenvalue weighted by molar-refractivity contribution is 0.552. The van der Waals surface area contributed by atoms with Crippen molar-refractivity contribution < 1.29 is 0 Å². The molecule has 0 bridgehead atoms. The standard InChI is InChI=1S/C80H86B2N2/c1-47-31-33-67-55(35-47)58-39-52(50-29-25-22-26-30-50)40-66-74(58)83(67)70-45-63-69(46-64(70)82(66)72-61(79(15,16)17)43-54(76(6,7)8)44-62(72)80(18,19)20)84-68-34-32-51(49-27-23-21-24-28-49)38-56(68)57-36-48(2)37-65(73(57)84)81(63)71-59(77(9,10)11)41-53(75(3,4)5)42-60(71)78(12,13)14/h21-46H,1-20H3. The fourth-order valence-corrected chi connectivity index (χ4v) is 14.9. The van der Waals surface area contributed by atoms with Crippen molar-refractivity contribution in [1.29, 1.82) is 0 Å². The van der Waals surface area contributed by atoms with Crippen LogP contribution in [0.15, 0.2) is 158 Å². The SMILES string of the molecule is Cc1ccc2c(c1)c1cc(-c3ccccc3)cc3c1n2-c1cc2c(cc1B3c1c(C(C)(C)C)cc(C(C)(C)C)cc1C(C)(C)C)-n1c3ccc(-c4ccccc4)cc3c3cc(C)cc(c31)B2c1c(C(C)(C)C)cc(C(C)(C)C)cc1C(C)(C)C. The van der Waals surface area contributed by atoms with Crippen LogP contribution in [0.1, 0.15) is 169 Å². The van der Waals surface area contributed by atoms with E-state index in [2.05, 4.69) is 305 Å². The van der Waals surface area contributed by atoms with Crippen LogP contribution in [-0.4, -0.2) is 22.6 Å². The highest BCUT2D eigenvalue weighted by molar-refractivity contribution is 7.00. The second-order valence-corrected chi connectivity index (χ2v) is 31.7. The zero-order valence-corrected chi connectivity index (χ0v) is 54.1. The van der Waals surface area contributed by atoms with Gasteiger partial charge < -0.3 is 9.13 Å². The van der Waals surface area contributed by atoms with Crippen LogP contribution in [0, 0.1) is 13.8 Å². The molecule has 0 radical (unpaired) electrons. The number of rotatable bonds is 4. The number of hydrogen-bond donors (Lipinski definition) is 0. The minimum absolute atomic E-state index is 0.0492. The zero-order valence-electron chi connectivity index (χ0n) is 54.1. The average Bonchev–Trinajstić information content (AvgIpc) is 1.39. The number of fused-ring (bicyclic) bond motifs is 10. The summed E-state index contributed by atoms with van der Waals surface area (Å²) in [4.78, 5) is 0. The van der Waals surface area contributed by atoms with Gasteiger partial charge in [0.1, 0.15) is 0 Å². The third-order valence-corrected chi connectivity index (χ3v) is 19.1.